The summed E-state index contributed by atoms with van der Waals surface area (Å²) in [6.45, 7) is 0. The van der Waals surface area contributed by atoms with Crippen LogP contribution in [0.2, 0.25) is 0 Å². The second-order valence-corrected chi connectivity index (χ2v) is 4.38. The maximum absolute atomic E-state index is 13.0. The first-order valence-corrected chi connectivity index (χ1v) is 5.86. The van der Waals surface area contributed by atoms with Crippen LogP contribution in [0.15, 0.2) is 48.8 Å². The summed E-state index contributed by atoms with van der Waals surface area (Å²) >= 11 is 0. The number of benzene rings is 1. The van der Waals surface area contributed by atoms with Gasteiger partial charge in [0.1, 0.15) is 5.82 Å². The molecule has 2 aromatic heterocycles. The highest BCUT2D eigenvalue weighted by Crippen LogP contribution is 2.36. The number of nitrogens with two attached hydrogens (primary N) is 1. The topological polar surface area (TPSA) is 43.3 Å². The molecule has 102 valence electrons. The van der Waals surface area contributed by atoms with Gasteiger partial charge in [-0.25, -0.2) is 4.98 Å². The maximum Gasteiger partial charge on any atom is 0.417 e. The van der Waals surface area contributed by atoms with Crippen LogP contribution >= 0.6 is 0 Å². The van der Waals surface area contributed by atoms with Crippen LogP contribution in [0, 0.1) is 0 Å². The number of nitrogen functional groups attached to an aromatic ring is 1. The summed E-state index contributed by atoms with van der Waals surface area (Å²) in [6.07, 6.45) is -1.31. The summed E-state index contributed by atoms with van der Waals surface area (Å²) in [5.74, 6) is 0.243. The summed E-state index contributed by atoms with van der Waals surface area (Å²) in [5, 5.41) is 0. The van der Waals surface area contributed by atoms with Gasteiger partial charge in [0.25, 0.3) is 0 Å². The van der Waals surface area contributed by atoms with Crippen molar-refractivity contribution >= 4 is 11.2 Å². The lowest BCUT2D eigenvalue weighted by molar-refractivity contribution is -0.137. The van der Waals surface area contributed by atoms with Crippen LogP contribution in [-0.4, -0.2) is 9.38 Å². The minimum absolute atomic E-state index is 0.0461. The summed E-state index contributed by atoms with van der Waals surface area (Å²) in [7, 11) is 0. The van der Waals surface area contributed by atoms with E-state index in [1.807, 2.05) is 0 Å². The fourth-order valence-electron chi connectivity index (χ4n) is 2.14. The van der Waals surface area contributed by atoms with E-state index in [9.17, 15) is 13.2 Å². The number of fused-ring (bicyclic) bond motifs is 1. The maximum atomic E-state index is 13.0. The molecule has 1 aromatic carbocycles. The van der Waals surface area contributed by atoms with Crippen molar-refractivity contribution in [1.29, 1.82) is 0 Å². The van der Waals surface area contributed by atoms with E-state index in [0.717, 1.165) is 6.07 Å². The lowest BCUT2D eigenvalue weighted by Gasteiger charge is -2.11. The smallest absolute Gasteiger partial charge is 0.399 e. The monoisotopic (exact) mass is 277 g/mol. The Labute approximate surface area is 112 Å². The molecule has 0 atom stereocenters. The van der Waals surface area contributed by atoms with Crippen molar-refractivity contribution in [2.24, 2.45) is 0 Å². The first-order valence-electron chi connectivity index (χ1n) is 5.86. The van der Waals surface area contributed by atoms with Gasteiger partial charge in [-0.05, 0) is 18.2 Å². The molecule has 0 fully saturated rings. The third-order valence-electron chi connectivity index (χ3n) is 3.03. The molecule has 0 unspecified atom stereocenters. The zero-order valence-corrected chi connectivity index (χ0v) is 10.2. The quantitative estimate of drug-likeness (QED) is 0.738. The van der Waals surface area contributed by atoms with E-state index in [1.54, 1.807) is 28.8 Å². The van der Waals surface area contributed by atoms with Gasteiger partial charge in [-0.1, -0.05) is 18.2 Å². The number of hydrogen-bond acceptors (Lipinski definition) is 2. The number of pyridine rings is 1. The van der Waals surface area contributed by atoms with Crippen molar-refractivity contribution in [2.75, 3.05) is 5.73 Å². The molecule has 0 bridgehead atoms. The zero-order valence-electron chi connectivity index (χ0n) is 10.2. The van der Waals surface area contributed by atoms with Crippen LogP contribution < -0.4 is 5.73 Å². The molecule has 6 heteroatoms. The van der Waals surface area contributed by atoms with Gasteiger partial charge in [0, 0.05) is 17.4 Å². The fourth-order valence-corrected chi connectivity index (χ4v) is 2.14. The van der Waals surface area contributed by atoms with Gasteiger partial charge in [0.15, 0.2) is 0 Å². The second kappa shape index (κ2) is 4.26. The van der Waals surface area contributed by atoms with Crippen molar-refractivity contribution in [3.8, 4) is 11.4 Å². The Kier molecular flexibility index (Phi) is 2.67. The molecular formula is C14H10F3N3. The molecule has 20 heavy (non-hydrogen) atoms. The molecule has 3 nitrogen and oxygen atoms in total. The van der Waals surface area contributed by atoms with Gasteiger partial charge in [-0.2, -0.15) is 13.2 Å². The van der Waals surface area contributed by atoms with E-state index < -0.39 is 11.7 Å². The molecule has 0 aliphatic rings. The predicted octanol–water partition coefficient (Wildman–Crippen LogP) is 3.60. The molecule has 3 rings (SSSR count). The van der Waals surface area contributed by atoms with Gasteiger partial charge in [-0.3, -0.25) is 4.40 Å². The number of anilines is 1. The lowest BCUT2D eigenvalue weighted by Crippen LogP contribution is -2.08. The number of hydrogen-bond donors (Lipinski definition) is 1. The predicted molar refractivity (Wildman–Crippen MR) is 70.0 cm³/mol. The highest BCUT2D eigenvalue weighted by atomic mass is 19.4. The molecule has 2 heterocycles. The van der Waals surface area contributed by atoms with Crippen molar-refractivity contribution in [2.45, 2.75) is 6.18 Å². The number of nitrogens with zero attached hydrogens (tertiary/aromatic N) is 2. The largest absolute Gasteiger partial charge is 0.417 e. The Morgan fingerprint density at radius 3 is 2.60 bits per heavy atom. The highest BCUT2D eigenvalue weighted by molar-refractivity contribution is 5.68. The van der Waals surface area contributed by atoms with E-state index in [1.165, 1.54) is 18.3 Å². The number of halogens is 3. The van der Waals surface area contributed by atoms with Crippen LogP contribution in [0.4, 0.5) is 18.9 Å². The molecule has 0 aliphatic heterocycles. The van der Waals surface area contributed by atoms with Gasteiger partial charge < -0.3 is 5.73 Å². The highest BCUT2D eigenvalue weighted by Gasteiger charge is 2.34. The number of rotatable bonds is 1. The Hall–Kier alpha value is -2.50. The SMILES string of the molecule is Nc1ccn2c(-c3ccccc3C(F)(F)F)ncc2c1. The van der Waals surface area contributed by atoms with Crippen LogP contribution in [0.5, 0.6) is 0 Å². The molecule has 2 N–H and O–H groups in total. The van der Waals surface area contributed by atoms with E-state index in [4.69, 9.17) is 5.73 Å². The minimum Gasteiger partial charge on any atom is -0.399 e. The number of imidazole rings is 1. The second-order valence-electron chi connectivity index (χ2n) is 4.38. The normalized spacial score (nSPS) is 11.9. The van der Waals surface area contributed by atoms with Crippen LogP contribution in [0.1, 0.15) is 5.56 Å². The van der Waals surface area contributed by atoms with Gasteiger partial charge in [0.2, 0.25) is 0 Å². The average Bonchev–Trinajstić information content (AvgIpc) is 2.80. The van der Waals surface area contributed by atoms with E-state index in [2.05, 4.69) is 4.98 Å². The Bertz CT molecular complexity index is 775. The van der Waals surface area contributed by atoms with Gasteiger partial charge in [-0.15, -0.1) is 0 Å². The van der Waals surface area contributed by atoms with Gasteiger partial charge in [0.05, 0.1) is 17.3 Å². The minimum atomic E-state index is -4.42. The fraction of sp³-hybridized carbons (Fsp3) is 0.0714. The molecule has 0 saturated carbocycles. The summed E-state index contributed by atoms with van der Waals surface area (Å²) in [5.41, 5.74) is 6.18. The van der Waals surface area contributed by atoms with E-state index in [0.29, 0.717) is 11.2 Å². The molecule has 0 radical (unpaired) electrons. The van der Waals surface area contributed by atoms with Crippen molar-refractivity contribution in [1.82, 2.24) is 9.38 Å². The number of alkyl halides is 3. The van der Waals surface area contributed by atoms with Crippen LogP contribution in [0.25, 0.3) is 16.9 Å². The van der Waals surface area contributed by atoms with Crippen LogP contribution in [0.3, 0.4) is 0 Å². The summed E-state index contributed by atoms with van der Waals surface area (Å²) in [4.78, 5) is 4.09. The number of aromatic nitrogens is 2. The van der Waals surface area contributed by atoms with E-state index in [-0.39, 0.29) is 11.4 Å². The summed E-state index contributed by atoms with van der Waals surface area (Å²) < 4.78 is 40.7. The van der Waals surface area contributed by atoms with Crippen molar-refractivity contribution in [3.63, 3.8) is 0 Å². The third kappa shape index (κ3) is 1.99. The molecule has 0 saturated heterocycles. The molecule has 0 amide bonds. The Morgan fingerprint density at radius 2 is 1.85 bits per heavy atom. The van der Waals surface area contributed by atoms with E-state index >= 15 is 0 Å². The Morgan fingerprint density at radius 1 is 1.10 bits per heavy atom. The Balaban J connectivity index is 2.27. The zero-order chi connectivity index (χ0) is 14.3. The molecular weight excluding hydrogens is 267 g/mol. The summed E-state index contributed by atoms with van der Waals surface area (Å²) in [6, 6.07) is 8.66. The van der Waals surface area contributed by atoms with Gasteiger partial charge >= 0.3 is 6.18 Å². The first-order chi connectivity index (χ1) is 9.47. The third-order valence-corrected chi connectivity index (χ3v) is 3.03. The van der Waals surface area contributed by atoms with Crippen molar-refractivity contribution in [3.05, 3.63) is 54.4 Å². The lowest BCUT2D eigenvalue weighted by atomic mass is 10.1. The average molecular weight is 277 g/mol. The van der Waals surface area contributed by atoms with Crippen molar-refractivity contribution < 1.29 is 13.2 Å². The standard InChI is InChI=1S/C14H10F3N3/c15-14(16,17)12-4-2-1-3-11(12)13-19-8-10-7-9(18)5-6-20(10)13/h1-8H,18H2. The van der Waals surface area contributed by atoms with Crippen LogP contribution in [-0.2, 0) is 6.18 Å². The molecule has 0 spiro atoms. The molecule has 0 aliphatic carbocycles. The first kappa shape index (κ1) is 12.5. The molecule has 3 aromatic rings.